The van der Waals surface area contributed by atoms with Crippen LogP contribution >= 0.6 is 27.3 Å². The van der Waals surface area contributed by atoms with Crippen LogP contribution in [0.1, 0.15) is 35.4 Å². The van der Waals surface area contributed by atoms with E-state index in [1.807, 2.05) is 0 Å². The summed E-state index contributed by atoms with van der Waals surface area (Å²) in [5, 5.41) is 3.45. The molecule has 0 aromatic carbocycles. The molecule has 0 aliphatic heterocycles. The van der Waals surface area contributed by atoms with Crippen molar-refractivity contribution in [3.8, 4) is 0 Å². The number of nitrogens with one attached hydrogen (secondary N) is 1. The van der Waals surface area contributed by atoms with Gasteiger partial charge in [-0.2, -0.15) is 0 Å². The Bertz CT molecular complexity index is 537. The zero-order valence-corrected chi connectivity index (χ0v) is 13.3. The fourth-order valence-corrected chi connectivity index (χ4v) is 3.56. The van der Waals surface area contributed by atoms with Gasteiger partial charge in [0.25, 0.3) is 0 Å². The number of halogens is 2. The first-order chi connectivity index (χ1) is 9.11. The van der Waals surface area contributed by atoms with Gasteiger partial charge in [-0.3, -0.25) is 4.98 Å². The molecule has 0 bridgehead atoms. The lowest BCUT2D eigenvalue weighted by Gasteiger charge is -2.17. The largest absolute Gasteiger partial charge is 0.306 e. The summed E-state index contributed by atoms with van der Waals surface area (Å²) in [6.07, 6.45) is 3.99. The highest BCUT2D eigenvalue weighted by molar-refractivity contribution is 9.11. The zero-order valence-electron chi connectivity index (χ0n) is 10.9. The Labute approximate surface area is 125 Å². The number of aryl methyl sites for hydroxylation is 1. The SMILES string of the molecule is CCCNC(c1cncc(F)c1)c1cc(C)c(Br)s1. The van der Waals surface area contributed by atoms with Gasteiger partial charge in [-0.1, -0.05) is 6.92 Å². The fourth-order valence-electron chi connectivity index (χ4n) is 1.88. The van der Waals surface area contributed by atoms with Gasteiger partial charge in [-0.05, 0) is 59.1 Å². The normalized spacial score (nSPS) is 12.6. The highest BCUT2D eigenvalue weighted by atomic mass is 79.9. The Hall–Kier alpha value is -0.780. The van der Waals surface area contributed by atoms with Crippen LogP contribution in [0.15, 0.2) is 28.3 Å². The minimum atomic E-state index is -0.298. The minimum absolute atomic E-state index is 0.00171. The second-order valence-corrected chi connectivity index (χ2v) is 6.83. The van der Waals surface area contributed by atoms with Gasteiger partial charge < -0.3 is 5.32 Å². The molecule has 5 heteroatoms. The first kappa shape index (κ1) is 14.6. The topological polar surface area (TPSA) is 24.9 Å². The molecule has 2 aromatic heterocycles. The van der Waals surface area contributed by atoms with Crippen LogP contribution in [-0.2, 0) is 0 Å². The van der Waals surface area contributed by atoms with E-state index in [-0.39, 0.29) is 11.9 Å². The maximum Gasteiger partial charge on any atom is 0.141 e. The Morgan fingerprint density at radius 3 is 2.79 bits per heavy atom. The maximum atomic E-state index is 13.4. The summed E-state index contributed by atoms with van der Waals surface area (Å²) in [7, 11) is 0. The van der Waals surface area contributed by atoms with Crippen molar-refractivity contribution in [2.45, 2.75) is 26.3 Å². The number of hydrogen-bond acceptors (Lipinski definition) is 3. The maximum absolute atomic E-state index is 13.4. The number of nitrogens with zero attached hydrogens (tertiary/aromatic N) is 1. The zero-order chi connectivity index (χ0) is 13.8. The molecule has 0 amide bonds. The number of rotatable bonds is 5. The molecular weight excluding hydrogens is 327 g/mol. The molecule has 1 atom stereocenters. The Balaban J connectivity index is 2.35. The number of hydrogen-bond donors (Lipinski definition) is 1. The molecule has 1 N–H and O–H groups in total. The van der Waals surface area contributed by atoms with Crippen molar-refractivity contribution in [3.63, 3.8) is 0 Å². The minimum Gasteiger partial charge on any atom is -0.306 e. The molecule has 0 spiro atoms. The summed E-state index contributed by atoms with van der Waals surface area (Å²) in [5.74, 6) is -0.298. The van der Waals surface area contributed by atoms with Crippen LogP contribution in [0.5, 0.6) is 0 Å². The Kier molecular flexibility index (Phi) is 5.07. The van der Waals surface area contributed by atoms with Gasteiger partial charge in [0.15, 0.2) is 0 Å². The molecule has 2 aromatic rings. The summed E-state index contributed by atoms with van der Waals surface area (Å²) < 4.78 is 14.5. The van der Waals surface area contributed by atoms with Crippen molar-refractivity contribution in [2.75, 3.05) is 6.54 Å². The van der Waals surface area contributed by atoms with Gasteiger partial charge in [0, 0.05) is 11.1 Å². The van der Waals surface area contributed by atoms with E-state index < -0.39 is 0 Å². The molecule has 2 heterocycles. The summed E-state index contributed by atoms with van der Waals surface area (Å²) in [6, 6.07) is 3.68. The molecule has 0 aliphatic carbocycles. The van der Waals surface area contributed by atoms with E-state index in [9.17, 15) is 4.39 Å². The molecule has 0 saturated heterocycles. The average molecular weight is 343 g/mol. The molecule has 0 fully saturated rings. The highest BCUT2D eigenvalue weighted by Gasteiger charge is 2.17. The monoisotopic (exact) mass is 342 g/mol. The molecular formula is C14H16BrFN2S. The third-order valence-electron chi connectivity index (χ3n) is 2.82. The summed E-state index contributed by atoms with van der Waals surface area (Å²) in [6.45, 7) is 5.06. The van der Waals surface area contributed by atoms with Crippen LogP contribution in [0.2, 0.25) is 0 Å². The lowest BCUT2D eigenvalue weighted by atomic mass is 10.1. The van der Waals surface area contributed by atoms with Crippen LogP contribution in [0, 0.1) is 12.7 Å². The molecule has 19 heavy (non-hydrogen) atoms. The molecule has 0 aliphatic rings. The molecule has 1 unspecified atom stereocenters. The quantitative estimate of drug-likeness (QED) is 0.868. The number of pyridine rings is 1. The van der Waals surface area contributed by atoms with Crippen molar-refractivity contribution in [1.82, 2.24) is 10.3 Å². The molecule has 0 saturated carbocycles. The fraction of sp³-hybridized carbons (Fsp3) is 0.357. The van der Waals surface area contributed by atoms with E-state index in [4.69, 9.17) is 0 Å². The summed E-state index contributed by atoms with van der Waals surface area (Å²) >= 11 is 5.22. The van der Waals surface area contributed by atoms with Crippen molar-refractivity contribution < 1.29 is 4.39 Å². The average Bonchev–Trinajstić information content (AvgIpc) is 2.70. The number of thiophene rings is 1. The van der Waals surface area contributed by atoms with E-state index >= 15 is 0 Å². The third-order valence-corrected chi connectivity index (χ3v) is 5.02. The van der Waals surface area contributed by atoms with Gasteiger partial charge in [-0.15, -0.1) is 11.3 Å². The van der Waals surface area contributed by atoms with Crippen molar-refractivity contribution in [3.05, 3.63) is 50.1 Å². The van der Waals surface area contributed by atoms with Crippen LogP contribution in [0.4, 0.5) is 4.39 Å². The first-order valence-corrected chi connectivity index (χ1v) is 7.82. The van der Waals surface area contributed by atoms with Gasteiger partial charge >= 0.3 is 0 Å². The third kappa shape index (κ3) is 3.61. The van der Waals surface area contributed by atoms with E-state index in [1.54, 1.807) is 23.6 Å². The molecule has 0 radical (unpaired) electrons. The predicted molar refractivity (Wildman–Crippen MR) is 81.1 cm³/mol. The Morgan fingerprint density at radius 1 is 1.42 bits per heavy atom. The lowest BCUT2D eigenvalue weighted by Crippen LogP contribution is -2.22. The standard InChI is InChI=1S/C14H16BrFN2S/c1-3-4-18-13(10-6-11(16)8-17-7-10)12-5-9(2)14(15)19-12/h5-8,13,18H,3-4H2,1-2H3. The molecule has 2 rings (SSSR count). The van der Waals surface area contributed by atoms with Crippen LogP contribution in [0.25, 0.3) is 0 Å². The molecule has 102 valence electrons. The predicted octanol–water partition coefficient (Wildman–Crippen LogP) is 4.44. The second kappa shape index (κ2) is 6.59. The smallest absolute Gasteiger partial charge is 0.141 e. The van der Waals surface area contributed by atoms with E-state index in [0.29, 0.717) is 0 Å². The Morgan fingerprint density at radius 2 is 2.21 bits per heavy atom. The van der Waals surface area contributed by atoms with Crippen molar-refractivity contribution in [1.29, 1.82) is 0 Å². The lowest BCUT2D eigenvalue weighted by molar-refractivity contribution is 0.585. The van der Waals surface area contributed by atoms with Crippen LogP contribution in [0.3, 0.4) is 0 Å². The first-order valence-electron chi connectivity index (χ1n) is 6.21. The summed E-state index contributed by atoms with van der Waals surface area (Å²) in [5.41, 5.74) is 2.06. The van der Waals surface area contributed by atoms with Crippen molar-refractivity contribution >= 4 is 27.3 Å². The highest BCUT2D eigenvalue weighted by Crippen LogP contribution is 2.34. The van der Waals surface area contributed by atoms with Gasteiger partial charge in [0.05, 0.1) is 16.0 Å². The van der Waals surface area contributed by atoms with Crippen LogP contribution in [-0.4, -0.2) is 11.5 Å². The molecule has 2 nitrogen and oxygen atoms in total. The summed E-state index contributed by atoms with van der Waals surface area (Å²) in [4.78, 5) is 5.12. The number of aromatic nitrogens is 1. The van der Waals surface area contributed by atoms with Gasteiger partial charge in [-0.25, -0.2) is 4.39 Å². The van der Waals surface area contributed by atoms with E-state index in [0.717, 1.165) is 22.3 Å². The van der Waals surface area contributed by atoms with Gasteiger partial charge in [0.1, 0.15) is 5.82 Å². The van der Waals surface area contributed by atoms with E-state index in [1.165, 1.54) is 16.6 Å². The van der Waals surface area contributed by atoms with Crippen molar-refractivity contribution in [2.24, 2.45) is 0 Å². The van der Waals surface area contributed by atoms with Crippen LogP contribution < -0.4 is 5.32 Å². The van der Waals surface area contributed by atoms with Gasteiger partial charge in [0.2, 0.25) is 0 Å². The second-order valence-electron chi connectivity index (χ2n) is 4.43. The van der Waals surface area contributed by atoms with E-state index in [2.05, 4.69) is 46.1 Å².